The van der Waals surface area contributed by atoms with Crippen molar-refractivity contribution in [3.05, 3.63) is 107 Å². The van der Waals surface area contributed by atoms with E-state index < -0.39 is 5.82 Å². The molecular formula is C23H20FNO3. The van der Waals surface area contributed by atoms with Gasteiger partial charge in [0, 0.05) is 24.2 Å². The molecule has 3 aromatic rings. The molecular weight excluding hydrogens is 357 g/mol. The van der Waals surface area contributed by atoms with Crippen LogP contribution in [0.25, 0.3) is 0 Å². The molecule has 0 atom stereocenters. The van der Waals surface area contributed by atoms with Crippen LogP contribution in [-0.4, -0.2) is 34.8 Å². The van der Waals surface area contributed by atoms with Crippen LogP contribution >= 0.6 is 0 Å². The summed E-state index contributed by atoms with van der Waals surface area (Å²) < 4.78 is 13.2. The molecule has 0 saturated carbocycles. The molecule has 0 aromatic heterocycles. The number of ketones is 1. The third-order valence-electron chi connectivity index (χ3n) is 4.38. The van der Waals surface area contributed by atoms with Gasteiger partial charge in [0.25, 0.3) is 5.91 Å². The lowest BCUT2D eigenvalue weighted by Crippen LogP contribution is -2.34. The van der Waals surface area contributed by atoms with Gasteiger partial charge in [-0.3, -0.25) is 9.59 Å². The van der Waals surface area contributed by atoms with Crippen LogP contribution in [0.5, 0.6) is 0 Å². The van der Waals surface area contributed by atoms with Crippen LogP contribution in [-0.2, 0) is 6.54 Å². The number of aliphatic hydroxyl groups excluding tert-OH is 1. The number of halogens is 1. The van der Waals surface area contributed by atoms with Gasteiger partial charge in [-0.1, -0.05) is 48.5 Å². The summed E-state index contributed by atoms with van der Waals surface area (Å²) in [5.41, 5.74) is 1.72. The second kappa shape index (κ2) is 9.06. The van der Waals surface area contributed by atoms with E-state index in [0.717, 1.165) is 5.56 Å². The summed E-state index contributed by atoms with van der Waals surface area (Å²) in [7, 11) is 0. The van der Waals surface area contributed by atoms with Gasteiger partial charge in [0.1, 0.15) is 5.82 Å². The first-order valence-electron chi connectivity index (χ1n) is 8.93. The Morgan fingerprint density at radius 1 is 0.821 bits per heavy atom. The maximum atomic E-state index is 13.2. The molecule has 0 radical (unpaired) electrons. The van der Waals surface area contributed by atoms with Crippen molar-refractivity contribution in [1.29, 1.82) is 0 Å². The van der Waals surface area contributed by atoms with Crippen LogP contribution < -0.4 is 0 Å². The van der Waals surface area contributed by atoms with Gasteiger partial charge >= 0.3 is 0 Å². The molecule has 0 aliphatic rings. The molecule has 0 aliphatic carbocycles. The van der Waals surface area contributed by atoms with Gasteiger partial charge in [0.15, 0.2) is 5.78 Å². The zero-order valence-electron chi connectivity index (χ0n) is 15.2. The maximum absolute atomic E-state index is 13.2. The number of carbonyl (C=O) groups excluding carboxylic acids is 2. The Bertz CT molecular complexity index is 955. The van der Waals surface area contributed by atoms with E-state index in [4.69, 9.17) is 0 Å². The van der Waals surface area contributed by atoms with Gasteiger partial charge in [-0.25, -0.2) is 4.39 Å². The van der Waals surface area contributed by atoms with Crippen molar-refractivity contribution in [3.8, 4) is 0 Å². The average molecular weight is 377 g/mol. The summed E-state index contributed by atoms with van der Waals surface area (Å²) in [6.45, 7) is 0.277. The molecule has 4 nitrogen and oxygen atoms in total. The maximum Gasteiger partial charge on any atom is 0.254 e. The Hall–Kier alpha value is -3.31. The number of amides is 1. The first-order chi connectivity index (χ1) is 13.6. The third kappa shape index (κ3) is 4.50. The average Bonchev–Trinajstić information content (AvgIpc) is 2.74. The first-order valence-corrected chi connectivity index (χ1v) is 8.93. The summed E-state index contributed by atoms with van der Waals surface area (Å²) in [6, 6.07) is 21.2. The first kappa shape index (κ1) is 19.5. The predicted molar refractivity (Wildman–Crippen MR) is 105 cm³/mol. The summed E-state index contributed by atoms with van der Waals surface area (Å²) in [5, 5.41) is 9.40. The van der Waals surface area contributed by atoms with E-state index in [2.05, 4.69) is 0 Å². The Kier molecular flexibility index (Phi) is 6.29. The molecule has 0 saturated heterocycles. The van der Waals surface area contributed by atoms with Gasteiger partial charge in [0.2, 0.25) is 0 Å². The monoisotopic (exact) mass is 377 g/mol. The van der Waals surface area contributed by atoms with Gasteiger partial charge < -0.3 is 10.0 Å². The molecule has 0 aliphatic heterocycles. The molecule has 3 aromatic carbocycles. The topological polar surface area (TPSA) is 57.6 Å². The summed E-state index contributed by atoms with van der Waals surface area (Å²) >= 11 is 0. The van der Waals surface area contributed by atoms with Gasteiger partial charge in [0.05, 0.1) is 12.2 Å². The molecule has 28 heavy (non-hydrogen) atoms. The standard InChI is InChI=1S/C23H20FNO3/c24-19-12-10-18(11-13-19)22(27)20-8-4-5-9-21(20)23(28)25(14-15-26)16-17-6-2-1-3-7-17/h1-13,26H,14-16H2. The zero-order chi connectivity index (χ0) is 19.9. The van der Waals surface area contributed by atoms with Crippen molar-refractivity contribution >= 4 is 11.7 Å². The van der Waals surface area contributed by atoms with Crippen LogP contribution in [0.4, 0.5) is 4.39 Å². The number of aliphatic hydroxyl groups is 1. The van der Waals surface area contributed by atoms with E-state index in [-0.39, 0.29) is 36.0 Å². The summed E-state index contributed by atoms with van der Waals surface area (Å²) in [6.07, 6.45) is 0. The normalized spacial score (nSPS) is 10.5. The van der Waals surface area contributed by atoms with Gasteiger partial charge in [-0.15, -0.1) is 0 Å². The molecule has 0 spiro atoms. The minimum atomic E-state index is -0.433. The van der Waals surface area contributed by atoms with Crippen LogP contribution in [0.15, 0.2) is 78.9 Å². The number of benzene rings is 3. The molecule has 1 amide bonds. The summed E-state index contributed by atoms with van der Waals surface area (Å²) in [4.78, 5) is 27.5. The predicted octanol–water partition coefficient (Wildman–Crippen LogP) is 3.69. The van der Waals surface area contributed by atoms with Crippen molar-refractivity contribution in [2.24, 2.45) is 0 Å². The number of nitrogens with zero attached hydrogens (tertiary/aromatic N) is 1. The van der Waals surface area contributed by atoms with Crippen molar-refractivity contribution in [2.75, 3.05) is 13.2 Å². The van der Waals surface area contributed by atoms with Crippen LogP contribution in [0.3, 0.4) is 0 Å². The fourth-order valence-corrected chi connectivity index (χ4v) is 2.97. The smallest absolute Gasteiger partial charge is 0.254 e. The van der Waals surface area contributed by atoms with E-state index in [1.54, 1.807) is 24.3 Å². The SMILES string of the molecule is O=C(c1ccc(F)cc1)c1ccccc1C(=O)N(CCO)Cc1ccccc1. The Morgan fingerprint density at radius 2 is 1.43 bits per heavy atom. The molecule has 0 fully saturated rings. The third-order valence-corrected chi connectivity index (χ3v) is 4.38. The number of hydrogen-bond acceptors (Lipinski definition) is 3. The van der Waals surface area contributed by atoms with E-state index in [9.17, 15) is 19.1 Å². The van der Waals surface area contributed by atoms with E-state index in [1.807, 2.05) is 30.3 Å². The molecule has 0 heterocycles. The Morgan fingerprint density at radius 3 is 2.07 bits per heavy atom. The lowest BCUT2D eigenvalue weighted by atomic mass is 9.97. The number of carbonyl (C=O) groups is 2. The Labute approximate surface area is 162 Å². The Balaban J connectivity index is 1.92. The van der Waals surface area contributed by atoms with E-state index >= 15 is 0 Å². The highest BCUT2D eigenvalue weighted by atomic mass is 19.1. The molecule has 142 valence electrons. The number of hydrogen-bond donors (Lipinski definition) is 1. The zero-order valence-corrected chi connectivity index (χ0v) is 15.2. The summed E-state index contributed by atoms with van der Waals surface area (Å²) in [5.74, 6) is -1.13. The highest BCUT2D eigenvalue weighted by Gasteiger charge is 2.22. The van der Waals surface area contributed by atoms with Crippen molar-refractivity contribution in [3.63, 3.8) is 0 Å². The molecule has 0 bridgehead atoms. The highest BCUT2D eigenvalue weighted by Crippen LogP contribution is 2.18. The van der Waals surface area contributed by atoms with Crippen LogP contribution in [0.1, 0.15) is 31.8 Å². The van der Waals surface area contributed by atoms with E-state index in [0.29, 0.717) is 12.1 Å². The van der Waals surface area contributed by atoms with Crippen LogP contribution in [0, 0.1) is 5.82 Å². The van der Waals surface area contributed by atoms with Crippen molar-refractivity contribution in [2.45, 2.75) is 6.54 Å². The molecule has 0 unspecified atom stereocenters. The van der Waals surface area contributed by atoms with Crippen molar-refractivity contribution < 1.29 is 19.1 Å². The van der Waals surface area contributed by atoms with Crippen molar-refractivity contribution in [1.82, 2.24) is 4.90 Å². The lowest BCUT2D eigenvalue weighted by molar-refractivity contribution is 0.0704. The highest BCUT2D eigenvalue weighted by molar-refractivity contribution is 6.15. The minimum absolute atomic E-state index is 0.146. The quantitative estimate of drug-likeness (QED) is 0.639. The number of rotatable bonds is 7. The largest absolute Gasteiger partial charge is 0.395 e. The fraction of sp³-hybridized carbons (Fsp3) is 0.130. The van der Waals surface area contributed by atoms with Gasteiger partial charge in [-0.2, -0.15) is 0 Å². The molecule has 5 heteroatoms. The van der Waals surface area contributed by atoms with Gasteiger partial charge in [-0.05, 0) is 35.9 Å². The van der Waals surface area contributed by atoms with Crippen LogP contribution in [0.2, 0.25) is 0 Å². The second-order valence-electron chi connectivity index (χ2n) is 6.32. The fourth-order valence-electron chi connectivity index (χ4n) is 2.97. The second-order valence-corrected chi connectivity index (χ2v) is 6.32. The molecule has 3 rings (SSSR count). The lowest BCUT2D eigenvalue weighted by Gasteiger charge is -2.23. The molecule has 1 N–H and O–H groups in total. The van der Waals surface area contributed by atoms with E-state index in [1.165, 1.54) is 29.2 Å². The minimum Gasteiger partial charge on any atom is -0.395 e.